The van der Waals surface area contributed by atoms with E-state index in [9.17, 15) is 9.90 Å². The molecule has 0 saturated carbocycles. The van der Waals surface area contributed by atoms with Gasteiger partial charge in [-0.3, -0.25) is 0 Å². The molecule has 0 spiro atoms. The van der Waals surface area contributed by atoms with Crippen molar-refractivity contribution < 1.29 is 19.4 Å². The first kappa shape index (κ1) is 14.0. The van der Waals surface area contributed by atoms with Crippen LogP contribution in [0.2, 0.25) is 0 Å². The third kappa shape index (κ3) is 3.32. The summed E-state index contributed by atoms with van der Waals surface area (Å²) in [7, 11) is 0. The number of hydrogen-bond donors (Lipinski definition) is 1. The summed E-state index contributed by atoms with van der Waals surface area (Å²) in [5, 5.41) is 10.2. The van der Waals surface area contributed by atoms with Crippen LogP contribution in [0.1, 0.15) is 22.2 Å². The summed E-state index contributed by atoms with van der Waals surface area (Å²) in [4.78, 5) is 11.6. The second-order valence-corrected chi connectivity index (χ2v) is 5.01. The Kier molecular flexibility index (Phi) is 4.90. The largest absolute Gasteiger partial charge is 0.477 e. The average Bonchev–Trinajstić information content (AvgIpc) is 2.78. The fraction of sp³-hybridized carbons (Fsp3) is 0.357. The van der Waals surface area contributed by atoms with E-state index >= 15 is 0 Å². The summed E-state index contributed by atoms with van der Waals surface area (Å²) in [6, 6.07) is 7.67. The molecule has 1 N–H and O–H groups in total. The SMILES string of the molecule is CCOCCOCc1c(C(=O)O)sc2ccccc12. The molecule has 0 unspecified atom stereocenters. The lowest BCUT2D eigenvalue weighted by Crippen LogP contribution is -2.06. The summed E-state index contributed by atoms with van der Waals surface area (Å²) in [6.45, 7) is 3.89. The summed E-state index contributed by atoms with van der Waals surface area (Å²) in [5.41, 5.74) is 0.754. The van der Waals surface area contributed by atoms with Crippen LogP contribution in [0.15, 0.2) is 24.3 Å². The lowest BCUT2D eigenvalue weighted by Gasteiger charge is -2.05. The van der Waals surface area contributed by atoms with Gasteiger partial charge in [0.25, 0.3) is 0 Å². The van der Waals surface area contributed by atoms with Crippen LogP contribution in [0, 0.1) is 0 Å². The molecule has 5 heteroatoms. The van der Waals surface area contributed by atoms with E-state index in [1.54, 1.807) is 0 Å². The van der Waals surface area contributed by atoms with Crippen molar-refractivity contribution in [3.8, 4) is 0 Å². The molecular formula is C14H16O4S. The standard InChI is InChI=1S/C14H16O4S/c1-2-17-7-8-18-9-11-10-5-3-4-6-12(10)19-13(11)14(15)16/h3-6H,2,7-9H2,1H3,(H,15,16). The van der Waals surface area contributed by atoms with Gasteiger partial charge in [0.2, 0.25) is 0 Å². The lowest BCUT2D eigenvalue weighted by atomic mass is 10.1. The number of carboxylic acid groups (broad SMARTS) is 1. The van der Waals surface area contributed by atoms with Gasteiger partial charge in [-0.25, -0.2) is 4.79 Å². The molecular weight excluding hydrogens is 264 g/mol. The van der Waals surface area contributed by atoms with Gasteiger partial charge >= 0.3 is 5.97 Å². The molecule has 2 aromatic rings. The first-order valence-electron chi connectivity index (χ1n) is 6.13. The number of ether oxygens (including phenoxy) is 2. The van der Waals surface area contributed by atoms with Crippen molar-refractivity contribution in [2.45, 2.75) is 13.5 Å². The minimum absolute atomic E-state index is 0.304. The van der Waals surface area contributed by atoms with Crippen LogP contribution < -0.4 is 0 Å². The molecule has 0 aliphatic heterocycles. The van der Waals surface area contributed by atoms with Crippen LogP contribution in [0.5, 0.6) is 0 Å². The van der Waals surface area contributed by atoms with Gasteiger partial charge in [-0.1, -0.05) is 18.2 Å². The van der Waals surface area contributed by atoms with Gasteiger partial charge in [0, 0.05) is 16.9 Å². The number of aromatic carboxylic acids is 1. The van der Waals surface area contributed by atoms with Crippen LogP contribution >= 0.6 is 11.3 Å². The smallest absolute Gasteiger partial charge is 0.346 e. The van der Waals surface area contributed by atoms with Gasteiger partial charge in [0.1, 0.15) is 4.88 Å². The molecule has 0 aliphatic carbocycles. The van der Waals surface area contributed by atoms with E-state index in [0.717, 1.165) is 15.6 Å². The van der Waals surface area contributed by atoms with Crippen molar-refractivity contribution in [1.82, 2.24) is 0 Å². The maximum atomic E-state index is 11.3. The van der Waals surface area contributed by atoms with Gasteiger partial charge in [0.15, 0.2) is 0 Å². The molecule has 0 bridgehead atoms. The van der Waals surface area contributed by atoms with Crippen molar-refractivity contribution in [2.24, 2.45) is 0 Å². The van der Waals surface area contributed by atoms with Crippen LogP contribution in [-0.2, 0) is 16.1 Å². The molecule has 0 radical (unpaired) electrons. The van der Waals surface area contributed by atoms with E-state index in [0.29, 0.717) is 31.3 Å². The zero-order chi connectivity index (χ0) is 13.7. The third-order valence-electron chi connectivity index (χ3n) is 2.72. The highest BCUT2D eigenvalue weighted by molar-refractivity contribution is 7.21. The Bertz CT molecular complexity index is 562. The number of hydrogen-bond acceptors (Lipinski definition) is 4. The minimum Gasteiger partial charge on any atom is -0.477 e. The van der Waals surface area contributed by atoms with Crippen molar-refractivity contribution in [1.29, 1.82) is 0 Å². The quantitative estimate of drug-likeness (QED) is 0.792. The van der Waals surface area contributed by atoms with Crippen molar-refractivity contribution >= 4 is 27.4 Å². The predicted octanol–water partition coefficient (Wildman–Crippen LogP) is 3.15. The lowest BCUT2D eigenvalue weighted by molar-refractivity contribution is 0.0450. The van der Waals surface area contributed by atoms with Crippen LogP contribution in [0.25, 0.3) is 10.1 Å². The molecule has 0 fully saturated rings. The number of rotatable bonds is 7. The number of carboxylic acids is 1. The molecule has 0 aliphatic rings. The second kappa shape index (κ2) is 6.65. The van der Waals surface area contributed by atoms with E-state index in [-0.39, 0.29) is 0 Å². The Morgan fingerprint density at radius 3 is 2.74 bits per heavy atom. The first-order valence-corrected chi connectivity index (χ1v) is 6.95. The number of carbonyl (C=O) groups is 1. The Labute approximate surface area is 115 Å². The molecule has 2 rings (SSSR count). The van der Waals surface area contributed by atoms with E-state index < -0.39 is 5.97 Å². The summed E-state index contributed by atoms with van der Waals surface area (Å²) in [6.07, 6.45) is 0. The molecule has 4 nitrogen and oxygen atoms in total. The van der Waals surface area contributed by atoms with Crippen LogP contribution in [0.4, 0.5) is 0 Å². The van der Waals surface area contributed by atoms with E-state index in [4.69, 9.17) is 9.47 Å². The number of thiophene rings is 1. The molecule has 1 heterocycles. The first-order chi connectivity index (χ1) is 9.24. The van der Waals surface area contributed by atoms with Crippen molar-refractivity contribution in [3.63, 3.8) is 0 Å². The predicted molar refractivity (Wildman–Crippen MR) is 74.9 cm³/mol. The average molecular weight is 280 g/mol. The highest BCUT2D eigenvalue weighted by atomic mass is 32.1. The van der Waals surface area contributed by atoms with Crippen LogP contribution in [-0.4, -0.2) is 30.9 Å². The minimum atomic E-state index is -0.899. The molecule has 1 aromatic heterocycles. The third-order valence-corrected chi connectivity index (χ3v) is 3.92. The van der Waals surface area contributed by atoms with E-state index in [1.807, 2.05) is 31.2 Å². The molecule has 102 valence electrons. The normalized spacial score (nSPS) is 11.0. The maximum absolute atomic E-state index is 11.3. The fourth-order valence-corrected chi connectivity index (χ4v) is 2.90. The topological polar surface area (TPSA) is 55.8 Å². The Balaban J connectivity index is 2.15. The fourth-order valence-electron chi connectivity index (χ4n) is 1.85. The molecule has 0 saturated heterocycles. The zero-order valence-electron chi connectivity index (χ0n) is 10.7. The molecule has 19 heavy (non-hydrogen) atoms. The molecule has 0 amide bonds. The molecule has 1 aromatic carbocycles. The van der Waals surface area contributed by atoms with Crippen LogP contribution in [0.3, 0.4) is 0 Å². The Hall–Kier alpha value is -1.43. The highest BCUT2D eigenvalue weighted by Gasteiger charge is 2.17. The highest BCUT2D eigenvalue weighted by Crippen LogP contribution is 2.31. The van der Waals surface area contributed by atoms with E-state index in [2.05, 4.69) is 0 Å². The molecule has 0 atom stereocenters. The van der Waals surface area contributed by atoms with Crippen molar-refractivity contribution in [3.05, 3.63) is 34.7 Å². The van der Waals surface area contributed by atoms with Gasteiger partial charge in [-0.2, -0.15) is 0 Å². The van der Waals surface area contributed by atoms with Gasteiger partial charge < -0.3 is 14.6 Å². The summed E-state index contributed by atoms with van der Waals surface area (Å²) >= 11 is 1.29. The van der Waals surface area contributed by atoms with Gasteiger partial charge in [-0.15, -0.1) is 11.3 Å². The number of benzene rings is 1. The van der Waals surface area contributed by atoms with E-state index in [1.165, 1.54) is 11.3 Å². The Morgan fingerprint density at radius 2 is 2.00 bits per heavy atom. The second-order valence-electron chi connectivity index (χ2n) is 3.96. The monoisotopic (exact) mass is 280 g/mol. The van der Waals surface area contributed by atoms with Gasteiger partial charge in [-0.05, 0) is 18.4 Å². The number of fused-ring (bicyclic) bond motifs is 1. The summed E-state index contributed by atoms with van der Waals surface area (Å²) in [5.74, 6) is -0.899. The summed E-state index contributed by atoms with van der Waals surface area (Å²) < 4.78 is 11.7. The van der Waals surface area contributed by atoms with Crippen molar-refractivity contribution in [2.75, 3.05) is 19.8 Å². The van der Waals surface area contributed by atoms with Gasteiger partial charge in [0.05, 0.1) is 19.8 Å². The Morgan fingerprint density at radius 1 is 1.26 bits per heavy atom. The maximum Gasteiger partial charge on any atom is 0.346 e. The zero-order valence-corrected chi connectivity index (χ0v) is 11.5.